The van der Waals surface area contributed by atoms with Crippen LogP contribution in [0.15, 0.2) is 34.9 Å². The SMILES string of the molecule is C[C@H](NC1CCCc2c1cnn2C)c1ccccc1Br. The highest BCUT2D eigenvalue weighted by Crippen LogP contribution is 2.32. The van der Waals surface area contributed by atoms with Crippen molar-refractivity contribution in [2.45, 2.75) is 38.3 Å². The summed E-state index contributed by atoms with van der Waals surface area (Å²) in [6.45, 7) is 2.23. The lowest BCUT2D eigenvalue weighted by Gasteiger charge is -2.27. The summed E-state index contributed by atoms with van der Waals surface area (Å²) in [6, 6.07) is 9.16. The van der Waals surface area contributed by atoms with E-state index in [4.69, 9.17) is 0 Å². The van der Waals surface area contributed by atoms with E-state index in [0.717, 1.165) is 6.42 Å². The number of aromatic nitrogens is 2. The Morgan fingerprint density at radius 2 is 2.20 bits per heavy atom. The van der Waals surface area contributed by atoms with Crippen LogP contribution in [0, 0.1) is 0 Å². The molecule has 0 saturated carbocycles. The number of nitrogens with one attached hydrogen (secondary N) is 1. The average molecular weight is 334 g/mol. The van der Waals surface area contributed by atoms with E-state index in [1.165, 1.54) is 34.1 Å². The Hall–Kier alpha value is -1.13. The summed E-state index contributed by atoms with van der Waals surface area (Å²) in [5.41, 5.74) is 4.06. The van der Waals surface area contributed by atoms with Crippen LogP contribution in [0.4, 0.5) is 0 Å². The number of halogens is 1. The molecule has 3 rings (SSSR count). The molecule has 4 heteroatoms. The van der Waals surface area contributed by atoms with Crippen LogP contribution in [0.1, 0.15) is 48.7 Å². The third kappa shape index (κ3) is 2.54. The number of nitrogens with zero attached hydrogens (tertiary/aromatic N) is 2. The van der Waals surface area contributed by atoms with E-state index in [2.05, 4.69) is 57.5 Å². The van der Waals surface area contributed by atoms with Gasteiger partial charge in [-0.05, 0) is 37.8 Å². The Bertz CT molecular complexity index is 606. The molecule has 1 aromatic heterocycles. The molecule has 2 aromatic rings. The van der Waals surface area contributed by atoms with Crippen LogP contribution in [0.3, 0.4) is 0 Å². The summed E-state index contributed by atoms with van der Waals surface area (Å²) < 4.78 is 3.19. The van der Waals surface area contributed by atoms with Crippen molar-refractivity contribution < 1.29 is 0 Å². The van der Waals surface area contributed by atoms with Gasteiger partial charge in [0.15, 0.2) is 0 Å². The van der Waals surface area contributed by atoms with Crippen LogP contribution in [0.25, 0.3) is 0 Å². The molecule has 106 valence electrons. The van der Waals surface area contributed by atoms with Crippen LogP contribution in [-0.2, 0) is 13.5 Å². The number of hydrogen-bond acceptors (Lipinski definition) is 2. The Morgan fingerprint density at radius 1 is 1.40 bits per heavy atom. The molecule has 3 nitrogen and oxygen atoms in total. The smallest absolute Gasteiger partial charge is 0.0540 e. The van der Waals surface area contributed by atoms with Gasteiger partial charge < -0.3 is 5.32 Å². The molecule has 1 aliphatic rings. The lowest BCUT2D eigenvalue weighted by Crippen LogP contribution is -2.28. The predicted molar refractivity (Wildman–Crippen MR) is 84.6 cm³/mol. The monoisotopic (exact) mass is 333 g/mol. The van der Waals surface area contributed by atoms with Gasteiger partial charge in [0.05, 0.1) is 6.20 Å². The summed E-state index contributed by atoms with van der Waals surface area (Å²) in [5, 5.41) is 8.18. The molecule has 1 N–H and O–H groups in total. The first-order valence-corrected chi connectivity index (χ1v) is 7.97. The van der Waals surface area contributed by atoms with Gasteiger partial charge in [-0.2, -0.15) is 5.10 Å². The lowest BCUT2D eigenvalue weighted by atomic mass is 9.92. The van der Waals surface area contributed by atoms with E-state index < -0.39 is 0 Å². The maximum Gasteiger partial charge on any atom is 0.0540 e. The highest BCUT2D eigenvalue weighted by atomic mass is 79.9. The van der Waals surface area contributed by atoms with E-state index in [1.807, 2.05) is 17.9 Å². The zero-order chi connectivity index (χ0) is 14.1. The molecule has 1 heterocycles. The summed E-state index contributed by atoms with van der Waals surface area (Å²) in [4.78, 5) is 0. The first kappa shape index (κ1) is 13.8. The second-order valence-electron chi connectivity index (χ2n) is 5.52. The van der Waals surface area contributed by atoms with Gasteiger partial charge >= 0.3 is 0 Å². The molecular formula is C16H20BrN3. The van der Waals surface area contributed by atoms with E-state index in [1.54, 1.807) is 0 Å². The number of aryl methyl sites for hydroxylation is 1. The summed E-state index contributed by atoms with van der Waals surface area (Å²) in [5.74, 6) is 0. The van der Waals surface area contributed by atoms with E-state index >= 15 is 0 Å². The van der Waals surface area contributed by atoms with E-state index in [-0.39, 0.29) is 0 Å². The minimum atomic E-state index is 0.321. The largest absolute Gasteiger partial charge is 0.303 e. The molecule has 0 fully saturated rings. The lowest BCUT2D eigenvalue weighted by molar-refractivity contribution is 0.410. The maximum atomic E-state index is 4.41. The molecule has 1 aromatic carbocycles. The second-order valence-corrected chi connectivity index (χ2v) is 6.38. The number of rotatable bonds is 3. The maximum absolute atomic E-state index is 4.41. The molecule has 0 radical (unpaired) electrons. The van der Waals surface area contributed by atoms with E-state index in [0.29, 0.717) is 12.1 Å². The standard InChI is InChI=1S/C16H20BrN3/c1-11(12-6-3-4-7-14(12)17)19-15-8-5-9-16-13(15)10-18-20(16)2/h3-4,6-7,10-11,15,19H,5,8-9H2,1-2H3/t11-,15?/m0/s1. The first-order chi connectivity index (χ1) is 9.66. The summed E-state index contributed by atoms with van der Waals surface area (Å²) in [6.07, 6.45) is 5.59. The Morgan fingerprint density at radius 3 is 3.00 bits per heavy atom. The van der Waals surface area contributed by atoms with Crippen LogP contribution < -0.4 is 5.32 Å². The van der Waals surface area contributed by atoms with Gasteiger partial charge in [-0.15, -0.1) is 0 Å². The minimum Gasteiger partial charge on any atom is -0.303 e. The van der Waals surface area contributed by atoms with Crippen molar-refractivity contribution in [3.8, 4) is 0 Å². The third-order valence-corrected chi connectivity index (χ3v) is 4.92. The molecule has 20 heavy (non-hydrogen) atoms. The van der Waals surface area contributed by atoms with Crippen LogP contribution in [0.5, 0.6) is 0 Å². The van der Waals surface area contributed by atoms with Crippen molar-refractivity contribution in [1.82, 2.24) is 15.1 Å². The van der Waals surface area contributed by atoms with Gasteiger partial charge in [-0.3, -0.25) is 4.68 Å². The highest BCUT2D eigenvalue weighted by Gasteiger charge is 2.25. The molecule has 0 bridgehead atoms. The summed E-state index contributed by atoms with van der Waals surface area (Å²) >= 11 is 3.64. The van der Waals surface area contributed by atoms with Gasteiger partial charge in [-0.1, -0.05) is 34.1 Å². The van der Waals surface area contributed by atoms with Crippen LogP contribution >= 0.6 is 15.9 Å². The molecule has 0 amide bonds. The average Bonchev–Trinajstić information content (AvgIpc) is 2.82. The fourth-order valence-electron chi connectivity index (χ4n) is 3.10. The van der Waals surface area contributed by atoms with Gasteiger partial charge in [0.1, 0.15) is 0 Å². The normalized spacial score (nSPS) is 19.6. The van der Waals surface area contributed by atoms with Crippen molar-refractivity contribution in [3.63, 3.8) is 0 Å². The molecular weight excluding hydrogens is 314 g/mol. The third-order valence-electron chi connectivity index (χ3n) is 4.20. The fraction of sp³-hybridized carbons (Fsp3) is 0.438. The molecule has 0 aliphatic heterocycles. The Balaban J connectivity index is 1.81. The van der Waals surface area contributed by atoms with Crippen molar-refractivity contribution in [3.05, 3.63) is 51.8 Å². The van der Waals surface area contributed by atoms with Crippen molar-refractivity contribution in [2.24, 2.45) is 7.05 Å². The molecule has 0 spiro atoms. The van der Waals surface area contributed by atoms with E-state index in [9.17, 15) is 0 Å². The van der Waals surface area contributed by atoms with Gasteiger partial charge in [0.2, 0.25) is 0 Å². The first-order valence-electron chi connectivity index (χ1n) is 7.18. The second kappa shape index (κ2) is 5.70. The van der Waals surface area contributed by atoms with Crippen molar-refractivity contribution in [2.75, 3.05) is 0 Å². The zero-order valence-corrected chi connectivity index (χ0v) is 13.5. The highest BCUT2D eigenvalue weighted by molar-refractivity contribution is 9.10. The Labute approximate surface area is 128 Å². The number of benzene rings is 1. The van der Waals surface area contributed by atoms with Gasteiger partial charge in [0.25, 0.3) is 0 Å². The summed E-state index contributed by atoms with van der Waals surface area (Å²) in [7, 11) is 2.04. The fourth-order valence-corrected chi connectivity index (χ4v) is 3.73. The predicted octanol–water partition coefficient (Wildman–Crippen LogP) is 3.91. The minimum absolute atomic E-state index is 0.321. The van der Waals surface area contributed by atoms with Gasteiger partial charge in [0, 0.05) is 34.9 Å². The molecule has 1 unspecified atom stereocenters. The molecule has 1 aliphatic carbocycles. The molecule has 0 saturated heterocycles. The molecule has 2 atom stereocenters. The van der Waals surface area contributed by atoms with Crippen LogP contribution in [-0.4, -0.2) is 9.78 Å². The van der Waals surface area contributed by atoms with Crippen molar-refractivity contribution >= 4 is 15.9 Å². The number of hydrogen-bond donors (Lipinski definition) is 1. The zero-order valence-electron chi connectivity index (χ0n) is 11.9. The topological polar surface area (TPSA) is 29.9 Å². The van der Waals surface area contributed by atoms with Crippen LogP contribution in [0.2, 0.25) is 0 Å². The number of fused-ring (bicyclic) bond motifs is 1. The Kier molecular flexibility index (Phi) is 3.94. The van der Waals surface area contributed by atoms with Gasteiger partial charge in [-0.25, -0.2) is 0 Å². The van der Waals surface area contributed by atoms with Crippen molar-refractivity contribution in [1.29, 1.82) is 0 Å². The quantitative estimate of drug-likeness (QED) is 0.922.